The number of hydrogen-bond donors (Lipinski definition) is 6. The Bertz CT molecular complexity index is 1350. The number of carbonyl (C=O) groups is 3. The Hall–Kier alpha value is -4.00. The van der Waals surface area contributed by atoms with Crippen molar-refractivity contribution in [1.29, 1.82) is 5.26 Å². The summed E-state index contributed by atoms with van der Waals surface area (Å²) >= 11 is 0. The maximum Gasteiger partial charge on any atom is 0.417 e. The summed E-state index contributed by atoms with van der Waals surface area (Å²) in [4.78, 5) is 36.4. The topological polar surface area (TPSA) is 173 Å². The van der Waals surface area contributed by atoms with Gasteiger partial charge < -0.3 is 26.4 Å². The number of nitriles is 1. The predicted octanol–water partition coefficient (Wildman–Crippen LogP) is 1.69. The van der Waals surface area contributed by atoms with Gasteiger partial charge in [0.05, 0.1) is 41.9 Å². The summed E-state index contributed by atoms with van der Waals surface area (Å²) in [5, 5.41) is 37.8. The van der Waals surface area contributed by atoms with E-state index in [1.807, 2.05) is 0 Å². The molecular formula is C27H33F3N8O4. The Morgan fingerprint density at radius 2 is 2.02 bits per heavy atom. The molecule has 4 atom stereocenters. The van der Waals surface area contributed by atoms with Gasteiger partial charge in [0.15, 0.2) is 5.60 Å². The van der Waals surface area contributed by atoms with E-state index in [9.17, 15) is 32.7 Å². The normalized spacial score (nSPS) is 21.2. The van der Waals surface area contributed by atoms with Gasteiger partial charge in [-0.25, -0.2) is 0 Å². The van der Waals surface area contributed by atoms with E-state index in [0.717, 1.165) is 31.5 Å². The van der Waals surface area contributed by atoms with Crippen LogP contribution in [0, 0.1) is 17.2 Å². The van der Waals surface area contributed by atoms with E-state index in [1.54, 1.807) is 6.20 Å². The third-order valence-electron chi connectivity index (χ3n) is 7.42. The van der Waals surface area contributed by atoms with Crippen molar-refractivity contribution < 1.29 is 32.7 Å². The number of rotatable bonds is 12. The molecular weight excluding hydrogens is 557 g/mol. The zero-order valence-corrected chi connectivity index (χ0v) is 22.9. The van der Waals surface area contributed by atoms with Gasteiger partial charge in [-0.15, -0.1) is 0 Å². The number of amides is 3. The van der Waals surface area contributed by atoms with Gasteiger partial charge in [0.25, 0.3) is 5.91 Å². The minimum absolute atomic E-state index is 0.0717. The molecule has 0 bridgehead atoms. The minimum atomic E-state index is -4.79. The molecule has 2 aliphatic heterocycles. The van der Waals surface area contributed by atoms with Gasteiger partial charge in [-0.1, -0.05) is 6.42 Å². The minimum Gasteiger partial charge on any atom is -0.379 e. The second kappa shape index (κ2) is 12.9. The average molecular weight is 591 g/mol. The molecule has 15 heteroatoms. The Morgan fingerprint density at radius 3 is 2.76 bits per heavy atom. The summed E-state index contributed by atoms with van der Waals surface area (Å²) in [6.07, 6.45) is 1.59. The summed E-state index contributed by atoms with van der Waals surface area (Å²) in [6, 6.07) is 4.68. The summed E-state index contributed by atoms with van der Waals surface area (Å²) in [5.41, 5.74) is -3.51. The summed E-state index contributed by atoms with van der Waals surface area (Å²) < 4.78 is 41.0. The van der Waals surface area contributed by atoms with E-state index < -0.39 is 28.8 Å². The van der Waals surface area contributed by atoms with Crippen LogP contribution in [0.15, 0.2) is 30.6 Å². The molecule has 2 saturated heterocycles. The third-order valence-corrected chi connectivity index (χ3v) is 7.42. The smallest absolute Gasteiger partial charge is 0.379 e. The van der Waals surface area contributed by atoms with Gasteiger partial charge in [0, 0.05) is 49.6 Å². The molecule has 2 fully saturated rings. The van der Waals surface area contributed by atoms with Crippen LogP contribution in [0.4, 0.5) is 24.5 Å². The monoisotopic (exact) mass is 590 g/mol. The molecule has 3 amide bonds. The molecule has 0 spiro atoms. The van der Waals surface area contributed by atoms with E-state index in [0.29, 0.717) is 36.9 Å². The number of anilines is 2. The van der Waals surface area contributed by atoms with Gasteiger partial charge in [0.1, 0.15) is 0 Å². The number of aliphatic hydroxyl groups is 1. The fourth-order valence-corrected chi connectivity index (χ4v) is 5.20. The standard InChI is InChI=1S/C27H33F3N8O4/c1-26(42,25(41)36-17-7-6-16(10-31)20(8-17)27(28,29)30)14-32-15-38-13-18(11-34-38)35-23(39)5-3-2-4-21-19-9-24(40)37-22(19)12-33-21/h6-8,11,13,19,21-22,32-33,42H,2-5,9,12,14-15H2,1H3,(H,35,39)(H,36,41)(H,37,40)/t19?,21-,22?,26-/m0/s1. The molecule has 12 nitrogen and oxygen atoms in total. The quantitative estimate of drug-likeness (QED) is 0.203. The van der Waals surface area contributed by atoms with Crippen molar-refractivity contribution in [2.45, 2.75) is 69.6 Å². The summed E-state index contributed by atoms with van der Waals surface area (Å²) in [7, 11) is 0. The van der Waals surface area contributed by atoms with Crippen LogP contribution in [-0.4, -0.2) is 63.4 Å². The Labute approximate surface area is 240 Å². The number of nitrogens with one attached hydrogen (secondary N) is 5. The summed E-state index contributed by atoms with van der Waals surface area (Å²) in [5.74, 6) is -0.683. The van der Waals surface area contributed by atoms with Gasteiger partial charge in [-0.2, -0.15) is 23.5 Å². The highest BCUT2D eigenvalue weighted by Crippen LogP contribution is 2.33. The van der Waals surface area contributed by atoms with Gasteiger partial charge >= 0.3 is 6.18 Å². The molecule has 2 aliphatic rings. The number of alkyl halides is 3. The molecule has 6 N–H and O–H groups in total. The number of unbranched alkanes of at least 4 members (excludes halogenated alkanes) is 1. The van der Waals surface area contributed by atoms with Crippen LogP contribution in [0.25, 0.3) is 0 Å². The van der Waals surface area contributed by atoms with Gasteiger partial charge in [0.2, 0.25) is 11.8 Å². The Morgan fingerprint density at radius 1 is 1.24 bits per heavy atom. The number of aromatic nitrogens is 2. The molecule has 1 aromatic carbocycles. The number of nitrogens with zero attached hydrogens (tertiary/aromatic N) is 3. The highest BCUT2D eigenvalue weighted by molar-refractivity contribution is 5.97. The highest BCUT2D eigenvalue weighted by Gasteiger charge is 2.42. The molecule has 1 aromatic heterocycles. The number of benzene rings is 1. The van der Waals surface area contributed by atoms with E-state index in [4.69, 9.17) is 5.26 Å². The molecule has 3 heterocycles. The van der Waals surface area contributed by atoms with Crippen molar-refractivity contribution in [2.75, 3.05) is 23.7 Å². The van der Waals surface area contributed by atoms with E-state index in [1.165, 1.54) is 23.9 Å². The lowest BCUT2D eigenvalue weighted by atomic mass is 9.93. The van der Waals surface area contributed by atoms with Gasteiger partial charge in [-0.05, 0) is 38.0 Å². The van der Waals surface area contributed by atoms with Crippen molar-refractivity contribution in [1.82, 2.24) is 25.7 Å². The largest absolute Gasteiger partial charge is 0.417 e. The lowest BCUT2D eigenvalue weighted by molar-refractivity contribution is -0.138. The van der Waals surface area contributed by atoms with Crippen molar-refractivity contribution >= 4 is 29.1 Å². The first-order chi connectivity index (χ1) is 19.9. The zero-order chi connectivity index (χ0) is 30.5. The maximum atomic E-state index is 13.2. The molecule has 226 valence electrons. The SMILES string of the molecule is C[C@](O)(CNCn1cc(NC(=O)CCCC[C@@H]2NCC3NC(=O)CC32)cn1)C(=O)Nc1ccc(C#N)c(C(F)(F)F)c1. The predicted molar refractivity (Wildman–Crippen MR) is 145 cm³/mol. The number of hydrogen-bond acceptors (Lipinski definition) is 8. The lowest BCUT2D eigenvalue weighted by Gasteiger charge is -2.23. The number of halogens is 3. The Kier molecular flexibility index (Phi) is 9.50. The first-order valence-electron chi connectivity index (χ1n) is 13.6. The van der Waals surface area contributed by atoms with Crippen LogP contribution in [0.3, 0.4) is 0 Å². The second-order valence-corrected chi connectivity index (χ2v) is 10.8. The van der Waals surface area contributed by atoms with Crippen LogP contribution in [0.1, 0.15) is 50.2 Å². The maximum absolute atomic E-state index is 13.2. The van der Waals surface area contributed by atoms with Crippen molar-refractivity contribution in [3.8, 4) is 6.07 Å². The van der Waals surface area contributed by atoms with E-state index in [-0.39, 0.29) is 42.8 Å². The average Bonchev–Trinajstić information content (AvgIpc) is 3.62. The molecule has 2 unspecified atom stereocenters. The van der Waals surface area contributed by atoms with Crippen molar-refractivity contribution in [2.24, 2.45) is 5.92 Å². The fourth-order valence-electron chi connectivity index (χ4n) is 5.20. The molecule has 4 rings (SSSR count). The van der Waals surface area contributed by atoms with E-state index >= 15 is 0 Å². The lowest BCUT2D eigenvalue weighted by Crippen LogP contribution is -2.48. The van der Waals surface area contributed by atoms with Crippen LogP contribution in [0.5, 0.6) is 0 Å². The first kappa shape index (κ1) is 30.9. The van der Waals surface area contributed by atoms with Crippen LogP contribution in [-0.2, 0) is 27.2 Å². The third kappa shape index (κ3) is 7.84. The highest BCUT2D eigenvalue weighted by atomic mass is 19.4. The first-order valence-corrected chi connectivity index (χ1v) is 13.6. The molecule has 0 radical (unpaired) electrons. The molecule has 2 aromatic rings. The number of fused-ring (bicyclic) bond motifs is 1. The van der Waals surface area contributed by atoms with Crippen LogP contribution < -0.4 is 26.6 Å². The Balaban J connectivity index is 1.16. The fraction of sp³-hybridized carbons (Fsp3) is 0.519. The van der Waals surface area contributed by atoms with Crippen LogP contribution >= 0.6 is 0 Å². The van der Waals surface area contributed by atoms with Crippen molar-refractivity contribution in [3.05, 3.63) is 41.7 Å². The van der Waals surface area contributed by atoms with E-state index in [2.05, 4.69) is 31.7 Å². The molecule has 0 saturated carbocycles. The van der Waals surface area contributed by atoms with Crippen molar-refractivity contribution in [3.63, 3.8) is 0 Å². The molecule has 0 aliphatic carbocycles. The van der Waals surface area contributed by atoms with Crippen LogP contribution in [0.2, 0.25) is 0 Å². The second-order valence-electron chi connectivity index (χ2n) is 10.8. The zero-order valence-electron chi connectivity index (χ0n) is 22.9. The van der Waals surface area contributed by atoms with Gasteiger partial charge in [-0.3, -0.25) is 24.4 Å². The molecule has 42 heavy (non-hydrogen) atoms. The summed E-state index contributed by atoms with van der Waals surface area (Å²) in [6.45, 7) is 1.80. The number of carbonyl (C=O) groups excluding carboxylic acids is 3.